The third-order valence-corrected chi connectivity index (χ3v) is 10.3. The molecule has 0 spiro atoms. The van der Waals surface area contributed by atoms with Crippen molar-refractivity contribution in [1.82, 2.24) is 4.57 Å². The Morgan fingerprint density at radius 3 is 2.52 bits per heavy atom. The maximum Gasteiger partial charge on any atom is 0.271 e. The molecule has 46 heavy (non-hydrogen) atoms. The number of benzene rings is 5. The lowest BCUT2D eigenvalue weighted by molar-refractivity contribution is 0.306. The predicted molar refractivity (Wildman–Crippen MR) is 188 cm³/mol. The van der Waals surface area contributed by atoms with Crippen LogP contribution in [-0.4, -0.2) is 11.7 Å². The average molecular weight is 686 g/mol. The first-order valence-corrected chi connectivity index (χ1v) is 16.8. The van der Waals surface area contributed by atoms with E-state index in [1.807, 2.05) is 65.2 Å². The molecule has 0 amide bonds. The van der Waals surface area contributed by atoms with Crippen LogP contribution in [0, 0.1) is 0 Å². The molecule has 2 aliphatic rings. The number of allylic oxidation sites excluding steroid dienone is 1. The van der Waals surface area contributed by atoms with Gasteiger partial charge in [0.25, 0.3) is 5.56 Å². The van der Waals surface area contributed by atoms with Gasteiger partial charge >= 0.3 is 0 Å². The molecule has 8 rings (SSSR count). The second kappa shape index (κ2) is 11.9. The number of halogens is 1. The second-order valence-electron chi connectivity index (χ2n) is 11.5. The van der Waals surface area contributed by atoms with Gasteiger partial charge < -0.3 is 9.47 Å². The first-order valence-electron chi connectivity index (χ1n) is 15.2. The summed E-state index contributed by atoms with van der Waals surface area (Å²) in [5, 5.41) is 2.11. The number of rotatable bonds is 6. The molecule has 1 aliphatic carbocycles. The number of nitrogens with zero attached hydrogens (tertiary/aromatic N) is 2. The molecule has 0 saturated carbocycles. The van der Waals surface area contributed by atoms with Crippen molar-refractivity contribution in [2.75, 3.05) is 7.11 Å². The van der Waals surface area contributed by atoms with Gasteiger partial charge in [-0.1, -0.05) is 106 Å². The van der Waals surface area contributed by atoms with Crippen LogP contribution in [0.4, 0.5) is 0 Å². The first-order chi connectivity index (χ1) is 22.6. The summed E-state index contributed by atoms with van der Waals surface area (Å²) in [6.07, 6.45) is 3.75. The third-order valence-electron chi connectivity index (χ3n) is 8.82. The molecule has 0 fully saturated rings. The zero-order valence-corrected chi connectivity index (χ0v) is 27.5. The van der Waals surface area contributed by atoms with Gasteiger partial charge in [0.2, 0.25) is 0 Å². The van der Waals surface area contributed by atoms with Gasteiger partial charge in [0.05, 0.1) is 23.4 Å². The zero-order chi connectivity index (χ0) is 31.2. The molecule has 1 aromatic heterocycles. The number of methoxy groups -OCH3 is 1. The molecule has 0 radical (unpaired) electrons. The lowest BCUT2D eigenvalue weighted by atomic mass is 9.83. The Labute approximate surface area is 278 Å². The Kier molecular flexibility index (Phi) is 7.43. The Balaban J connectivity index is 1.31. The summed E-state index contributed by atoms with van der Waals surface area (Å²) in [5.74, 6) is 1.51. The average Bonchev–Trinajstić information content (AvgIpc) is 3.41. The van der Waals surface area contributed by atoms with Crippen molar-refractivity contribution in [3.63, 3.8) is 0 Å². The molecule has 5 aromatic carbocycles. The van der Waals surface area contributed by atoms with Gasteiger partial charge in [0.1, 0.15) is 18.1 Å². The Morgan fingerprint density at radius 2 is 1.70 bits per heavy atom. The van der Waals surface area contributed by atoms with Crippen molar-refractivity contribution in [2.45, 2.75) is 25.5 Å². The molecule has 226 valence electrons. The highest BCUT2D eigenvalue weighted by molar-refractivity contribution is 9.10. The molecular weight excluding hydrogens is 656 g/mol. The summed E-state index contributed by atoms with van der Waals surface area (Å²) in [7, 11) is 1.67. The van der Waals surface area contributed by atoms with Crippen molar-refractivity contribution in [1.29, 1.82) is 0 Å². The van der Waals surface area contributed by atoms with Gasteiger partial charge in [-0.05, 0) is 82.3 Å². The zero-order valence-electron chi connectivity index (χ0n) is 25.1. The fraction of sp³-hybridized carbons (Fsp3) is 0.128. The largest absolute Gasteiger partial charge is 0.497 e. The van der Waals surface area contributed by atoms with E-state index in [-0.39, 0.29) is 11.6 Å². The minimum absolute atomic E-state index is 0.0539. The number of thiazole rings is 1. The topological polar surface area (TPSA) is 52.8 Å². The maximum absolute atomic E-state index is 14.5. The second-order valence-corrected chi connectivity index (χ2v) is 13.4. The number of aryl methyl sites for hydroxylation is 1. The highest BCUT2D eigenvalue weighted by atomic mass is 79.9. The van der Waals surface area contributed by atoms with E-state index in [9.17, 15) is 4.79 Å². The Morgan fingerprint density at radius 1 is 0.913 bits per heavy atom. The van der Waals surface area contributed by atoms with Crippen LogP contribution in [0.2, 0.25) is 0 Å². The normalized spacial score (nSPS) is 15.6. The SMILES string of the molecule is COc1ccc([C@H]2C3=C(N=c4s/c(=C/c5c(OCc6ccc(Br)cc6)ccc6ccccc56)c(=O)n42)c2ccccc2CC3)cc1. The van der Waals surface area contributed by atoms with Gasteiger partial charge in [-0.25, -0.2) is 4.99 Å². The highest BCUT2D eigenvalue weighted by Gasteiger charge is 2.32. The molecule has 0 unspecified atom stereocenters. The van der Waals surface area contributed by atoms with E-state index >= 15 is 0 Å². The van der Waals surface area contributed by atoms with E-state index in [1.54, 1.807) is 7.11 Å². The van der Waals surface area contributed by atoms with E-state index in [1.165, 1.54) is 22.5 Å². The van der Waals surface area contributed by atoms with Crippen LogP contribution in [0.25, 0.3) is 22.5 Å². The van der Waals surface area contributed by atoms with E-state index in [2.05, 4.69) is 70.5 Å². The lowest BCUT2D eigenvalue weighted by Gasteiger charge is -2.30. The quantitative estimate of drug-likeness (QED) is 0.180. The van der Waals surface area contributed by atoms with Crippen LogP contribution >= 0.6 is 27.3 Å². The van der Waals surface area contributed by atoms with E-state index in [0.29, 0.717) is 15.9 Å². The summed E-state index contributed by atoms with van der Waals surface area (Å²) in [6, 6.07) is 36.7. The van der Waals surface area contributed by atoms with E-state index in [4.69, 9.17) is 14.5 Å². The monoisotopic (exact) mass is 684 g/mol. The summed E-state index contributed by atoms with van der Waals surface area (Å²) in [6.45, 7) is 0.414. The molecule has 0 bridgehead atoms. The number of hydrogen-bond acceptors (Lipinski definition) is 5. The molecule has 6 aromatic rings. The van der Waals surface area contributed by atoms with Crippen LogP contribution in [0.5, 0.6) is 11.5 Å². The van der Waals surface area contributed by atoms with E-state index < -0.39 is 0 Å². The molecule has 2 heterocycles. The van der Waals surface area contributed by atoms with Crippen LogP contribution < -0.4 is 24.4 Å². The molecule has 7 heteroatoms. The summed E-state index contributed by atoms with van der Waals surface area (Å²) in [5.41, 5.74) is 7.53. The highest BCUT2D eigenvalue weighted by Crippen LogP contribution is 2.41. The van der Waals surface area contributed by atoms with Gasteiger partial charge in [0.15, 0.2) is 4.80 Å². The molecular formula is C39H29BrN2O3S. The maximum atomic E-state index is 14.5. The smallest absolute Gasteiger partial charge is 0.271 e. The Bertz CT molecular complexity index is 2340. The van der Waals surface area contributed by atoms with Gasteiger partial charge in [-0.3, -0.25) is 9.36 Å². The number of ether oxygens (including phenoxy) is 2. The molecule has 0 saturated heterocycles. The lowest BCUT2D eigenvalue weighted by Crippen LogP contribution is -2.38. The Hall–Kier alpha value is -4.72. The fourth-order valence-electron chi connectivity index (χ4n) is 6.53. The number of fused-ring (bicyclic) bond motifs is 4. The van der Waals surface area contributed by atoms with Crippen molar-refractivity contribution in [3.05, 3.63) is 167 Å². The summed E-state index contributed by atoms with van der Waals surface area (Å²) >= 11 is 4.94. The van der Waals surface area contributed by atoms with Crippen molar-refractivity contribution < 1.29 is 9.47 Å². The van der Waals surface area contributed by atoms with Crippen molar-refractivity contribution in [3.8, 4) is 11.5 Å². The van der Waals surface area contributed by atoms with Gasteiger partial charge in [-0.2, -0.15) is 0 Å². The van der Waals surface area contributed by atoms with Crippen molar-refractivity contribution >= 4 is 49.8 Å². The van der Waals surface area contributed by atoms with Crippen LogP contribution in [0.1, 0.15) is 40.3 Å². The summed E-state index contributed by atoms with van der Waals surface area (Å²) in [4.78, 5) is 20.4. The first kappa shape index (κ1) is 28.7. The van der Waals surface area contributed by atoms with Crippen molar-refractivity contribution in [2.24, 2.45) is 4.99 Å². The van der Waals surface area contributed by atoms with Gasteiger partial charge in [-0.15, -0.1) is 0 Å². The predicted octanol–water partition coefficient (Wildman–Crippen LogP) is 7.82. The number of aromatic nitrogens is 1. The van der Waals surface area contributed by atoms with Crippen LogP contribution in [0.3, 0.4) is 0 Å². The molecule has 0 N–H and O–H groups in total. The standard InChI is InChI=1S/C39H29BrN2O3S/c1-44-29-18-12-27(13-19-29)37-32-20-14-26-7-3-5-9-31(26)36(32)41-39-42(37)38(43)35(46-39)22-33-30-8-4-2-6-25(30)15-21-34(33)45-23-24-10-16-28(40)17-11-24/h2-13,15-19,21-22,37H,14,20,23H2,1H3/b35-22+/t37-/m0/s1. The third kappa shape index (κ3) is 5.10. The molecule has 1 atom stereocenters. The molecule has 1 aliphatic heterocycles. The van der Waals surface area contributed by atoms with Crippen LogP contribution in [-0.2, 0) is 13.0 Å². The van der Waals surface area contributed by atoms with Gasteiger partial charge in [0, 0.05) is 15.6 Å². The molecule has 5 nitrogen and oxygen atoms in total. The minimum atomic E-state index is -0.256. The van der Waals surface area contributed by atoms with E-state index in [0.717, 1.165) is 67.5 Å². The summed E-state index contributed by atoms with van der Waals surface area (Å²) < 4.78 is 15.4. The van der Waals surface area contributed by atoms with Crippen LogP contribution in [0.15, 0.2) is 129 Å². The minimum Gasteiger partial charge on any atom is -0.497 e. The fourth-order valence-corrected chi connectivity index (χ4v) is 7.78. The number of hydrogen-bond donors (Lipinski definition) is 0.